The van der Waals surface area contributed by atoms with E-state index in [0.717, 1.165) is 174 Å². The first-order valence-corrected chi connectivity index (χ1v) is 41.5. The molecule has 3 aromatic heterocycles. The average molecular weight is 1490 g/mol. The Kier molecular flexibility index (Phi) is 24.7. The summed E-state index contributed by atoms with van der Waals surface area (Å²) in [7, 11) is -2.84. The molecule has 488 valence electrons. The van der Waals surface area contributed by atoms with Gasteiger partial charge in [-0.3, -0.25) is 29.7 Å². The molecule has 3 aliphatic heterocycles. The lowest BCUT2D eigenvalue weighted by Crippen LogP contribution is -2.59. The third-order valence-corrected chi connectivity index (χ3v) is 25.8. The number of benzene rings is 8. The summed E-state index contributed by atoms with van der Waals surface area (Å²) in [6.07, 6.45) is 5.78. The highest BCUT2D eigenvalue weighted by atomic mass is 79.9. The van der Waals surface area contributed by atoms with Crippen molar-refractivity contribution in [2.75, 3.05) is 100 Å². The normalized spacial score (nSPS) is 14.8. The average Bonchev–Trinajstić information content (AvgIpc) is 0.786. The Bertz CT molecular complexity index is 4060. The second-order valence-corrected chi connectivity index (χ2v) is 38.3. The standard InChI is InChI=1S/2C20H21N3O.C16H24BrNSi2.C10H13BrN2O.C10H8BrN/c2*21-20-8-7-17(18-3-1-2-4-19(18)20)15-5-6-16(22-13-15)14-23-9-11-24-12-10-23;1-19(2,3)18(20(4,5)6)16-12-11-15(17)13-9-7-8-10-14(13)16;11-9-1-2-10(12-7-9)8-13-3-5-14-6-4-13;11-9-5-6-10(12)8-4-2-1-3-7(8)9/h2*1-8,13H,9-12,14,21H2;7-12H,1-6H3;1-2,7H,3-6,8H2;1-6H,12H2/p+1. The quantitative estimate of drug-likeness (QED) is 0.0831. The molecule has 8 aromatic carbocycles. The van der Waals surface area contributed by atoms with E-state index in [0.29, 0.717) is 0 Å². The highest BCUT2D eigenvalue weighted by Crippen LogP contribution is 2.38. The van der Waals surface area contributed by atoms with Crippen LogP contribution in [0, 0.1) is 0 Å². The molecule has 0 bridgehead atoms. The molecule has 6 N–H and O–H groups in total. The van der Waals surface area contributed by atoms with E-state index in [-0.39, 0.29) is 1.43 Å². The van der Waals surface area contributed by atoms with Gasteiger partial charge in [0.1, 0.15) is 16.5 Å². The van der Waals surface area contributed by atoms with Crippen LogP contribution in [-0.2, 0) is 33.8 Å². The van der Waals surface area contributed by atoms with Crippen LogP contribution < -0.4 is 21.4 Å². The summed E-state index contributed by atoms with van der Waals surface area (Å²) in [6, 6.07) is 62.4. The van der Waals surface area contributed by atoms with Crippen LogP contribution in [0.5, 0.6) is 0 Å². The molecule has 13 nitrogen and oxygen atoms in total. The zero-order valence-electron chi connectivity index (χ0n) is 55.9. The molecule has 94 heavy (non-hydrogen) atoms. The number of aromatic nitrogens is 3. The number of nitrogen functional groups attached to an aromatic ring is 3. The van der Waals surface area contributed by atoms with Crippen LogP contribution in [0.15, 0.2) is 214 Å². The molecule has 0 amide bonds. The lowest BCUT2D eigenvalue weighted by molar-refractivity contribution is 0.0336. The van der Waals surface area contributed by atoms with Gasteiger partial charge < -0.3 is 35.6 Å². The van der Waals surface area contributed by atoms with E-state index in [1.807, 2.05) is 91.4 Å². The summed E-state index contributed by atoms with van der Waals surface area (Å²) < 4.78 is 22.2. The highest BCUT2D eigenvalue weighted by molar-refractivity contribution is 9.11. The largest absolute Gasteiger partial charge is 1.00 e. The lowest BCUT2D eigenvalue weighted by atomic mass is 9.98. The van der Waals surface area contributed by atoms with Crippen molar-refractivity contribution >= 4 is 130 Å². The maximum Gasteiger partial charge on any atom is 1.00 e. The monoisotopic (exact) mass is 1480 g/mol. The Morgan fingerprint density at radius 1 is 0.372 bits per heavy atom. The van der Waals surface area contributed by atoms with Crippen molar-refractivity contribution < 1.29 is 15.6 Å². The van der Waals surface area contributed by atoms with E-state index < -0.39 is 16.5 Å². The Labute approximate surface area is 583 Å². The summed E-state index contributed by atoms with van der Waals surface area (Å²) in [5.41, 5.74) is 29.8. The fourth-order valence-corrected chi connectivity index (χ4v) is 23.5. The van der Waals surface area contributed by atoms with E-state index in [2.05, 4.69) is 230 Å². The summed E-state index contributed by atoms with van der Waals surface area (Å²) in [5.74, 6) is 0. The highest BCUT2D eigenvalue weighted by Gasteiger charge is 2.35. The molecule has 0 radical (unpaired) electrons. The zero-order chi connectivity index (χ0) is 66.2. The van der Waals surface area contributed by atoms with Crippen molar-refractivity contribution in [2.45, 2.75) is 58.9 Å². The first kappa shape index (κ1) is 69.9. The molecule has 0 aliphatic carbocycles. The Morgan fingerprint density at radius 2 is 0.691 bits per heavy atom. The van der Waals surface area contributed by atoms with E-state index in [4.69, 9.17) is 31.4 Å². The number of fused-ring (bicyclic) bond motifs is 4. The topological polar surface area (TPSA) is 157 Å². The summed E-state index contributed by atoms with van der Waals surface area (Å²) in [5, 5.41) is 9.46. The van der Waals surface area contributed by atoms with Gasteiger partial charge in [-0.2, -0.15) is 0 Å². The second-order valence-electron chi connectivity index (χ2n) is 25.7. The zero-order valence-corrected chi connectivity index (χ0v) is 61.6. The molecule has 3 fully saturated rings. The second kappa shape index (κ2) is 33.2. The van der Waals surface area contributed by atoms with Gasteiger partial charge in [-0.05, 0) is 109 Å². The van der Waals surface area contributed by atoms with Crippen LogP contribution in [0.1, 0.15) is 18.5 Å². The predicted molar refractivity (Wildman–Crippen MR) is 411 cm³/mol. The maximum absolute atomic E-state index is 6.10. The van der Waals surface area contributed by atoms with Crippen molar-refractivity contribution in [2.24, 2.45) is 0 Å². The van der Waals surface area contributed by atoms with E-state index >= 15 is 0 Å². The van der Waals surface area contributed by atoms with Gasteiger partial charge in [-0.1, -0.05) is 192 Å². The molecule has 14 rings (SSSR count). The van der Waals surface area contributed by atoms with Gasteiger partial charge in [0.2, 0.25) is 0 Å². The third kappa shape index (κ3) is 18.8. The van der Waals surface area contributed by atoms with E-state index in [1.165, 1.54) is 42.8 Å². The molecule has 18 heteroatoms. The van der Waals surface area contributed by atoms with Crippen molar-refractivity contribution in [1.29, 1.82) is 0 Å². The number of halogens is 3. The number of hydrogen-bond donors (Lipinski definition) is 3. The number of ether oxygens (including phenoxy) is 3. The molecule has 6 heterocycles. The van der Waals surface area contributed by atoms with Crippen LogP contribution in [0.4, 0.5) is 22.7 Å². The smallest absolute Gasteiger partial charge is 0.424 e. The van der Waals surface area contributed by atoms with E-state index in [9.17, 15) is 0 Å². The number of pyridine rings is 3. The fourth-order valence-electron chi connectivity index (χ4n) is 12.4. The lowest BCUT2D eigenvalue weighted by Gasteiger charge is -2.46. The number of nitrogens with two attached hydrogens (primary N) is 3. The van der Waals surface area contributed by atoms with Crippen LogP contribution >= 0.6 is 47.8 Å². The van der Waals surface area contributed by atoms with Crippen molar-refractivity contribution in [3.05, 3.63) is 231 Å². The van der Waals surface area contributed by atoms with Crippen molar-refractivity contribution in [1.82, 2.24) is 29.7 Å². The first-order chi connectivity index (χ1) is 45.4. The number of nitrogens with zero attached hydrogens (tertiary/aromatic N) is 7. The molecule has 3 aliphatic rings. The SMILES string of the molecule is Brc1ccc(CN2CCOCC2)nc1.C[Si](C)(C)N(c1ccc(Br)c2ccccc12)[Si](C)(C)C.Nc1ccc(-c2ccc(CN3CCOCC3)nc2)c2ccccc12.Nc1ccc(-c2ccc(CN3CCOCC3)nc2)c2ccccc12.Nc1ccc(Br)c2ccccc12.[H+]. The summed E-state index contributed by atoms with van der Waals surface area (Å²) in [4.78, 5) is 20.8. The van der Waals surface area contributed by atoms with Crippen molar-refractivity contribution in [3.8, 4) is 22.3 Å². The van der Waals surface area contributed by atoms with Gasteiger partial charge in [-0.25, -0.2) is 0 Å². The van der Waals surface area contributed by atoms with Gasteiger partial charge in [0, 0.05) is 146 Å². The van der Waals surface area contributed by atoms with Crippen LogP contribution in [0.2, 0.25) is 39.3 Å². The van der Waals surface area contributed by atoms with Gasteiger partial charge >= 0.3 is 1.43 Å². The van der Waals surface area contributed by atoms with Gasteiger partial charge in [0.15, 0.2) is 0 Å². The number of hydrogen-bond acceptors (Lipinski definition) is 13. The Hall–Kier alpha value is -6.92. The molecular weight excluding hydrogens is 1400 g/mol. The van der Waals surface area contributed by atoms with Crippen molar-refractivity contribution in [3.63, 3.8) is 0 Å². The molecule has 0 atom stereocenters. The third-order valence-electron chi connectivity index (χ3n) is 16.8. The van der Waals surface area contributed by atoms with E-state index in [1.54, 1.807) is 0 Å². The summed E-state index contributed by atoms with van der Waals surface area (Å²) in [6.45, 7) is 28.3. The first-order valence-electron chi connectivity index (χ1n) is 32.2. The number of morpholine rings is 3. The Balaban J connectivity index is 0.000000142. The van der Waals surface area contributed by atoms with Crippen LogP contribution in [0.3, 0.4) is 0 Å². The Morgan fingerprint density at radius 3 is 1.04 bits per heavy atom. The molecule has 11 aromatic rings. The minimum absolute atomic E-state index is 0. The fraction of sp³-hybridized carbons (Fsp3) is 0.276. The predicted octanol–water partition coefficient (Wildman–Crippen LogP) is 17.7. The van der Waals surface area contributed by atoms with Crippen LogP contribution in [-0.4, -0.2) is 125 Å². The minimum atomic E-state index is -1.42. The van der Waals surface area contributed by atoms with Gasteiger partial charge in [0.25, 0.3) is 0 Å². The maximum atomic E-state index is 6.10. The van der Waals surface area contributed by atoms with Gasteiger partial charge in [0.05, 0.1) is 56.7 Å². The van der Waals surface area contributed by atoms with Crippen LogP contribution in [0.25, 0.3) is 65.3 Å². The minimum Gasteiger partial charge on any atom is -0.424 e. The number of rotatable bonds is 11. The molecule has 3 saturated heterocycles. The molecule has 0 saturated carbocycles. The number of anilines is 4. The molecule has 0 unspecified atom stereocenters. The summed E-state index contributed by atoms with van der Waals surface area (Å²) >= 11 is 10.5. The molecule has 0 spiro atoms. The molecular formula is C76H88Br3N10O3Si2+. The van der Waals surface area contributed by atoms with Gasteiger partial charge in [-0.15, -0.1) is 0 Å².